The normalized spacial score (nSPS) is 16.7. The smallest absolute Gasteiger partial charge is 0.143 e. The van der Waals surface area contributed by atoms with Gasteiger partial charge >= 0.3 is 0 Å². The lowest BCUT2D eigenvalue weighted by molar-refractivity contribution is 0.0455. The average Bonchev–Trinajstić information content (AvgIpc) is 2.06. The van der Waals surface area contributed by atoms with Crippen LogP contribution in [0.3, 0.4) is 0 Å². The van der Waals surface area contributed by atoms with Crippen molar-refractivity contribution < 1.29 is 9.13 Å². The molecule has 1 aliphatic heterocycles. The molecular weight excluding hydrogens is 225 g/mol. The van der Waals surface area contributed by atoms with Gasteiger partial charge in [0.05, 0.1) is 23.5 Å². The Morgan fingerprint density at radius 1 is 1.50 bits per heavy atom. The van der Waals surface area contributed by atoms with Crippen LogP contribution in [0.2, 0.25) is 5.02 Å². The van der Waals surface area contributed by atoms with E-state index in [-0.39, 0.29) is 5.02 Å². The average molecular weight is 234 g/mol. The van der Waals surface area contributed by atoms with E-state index >= 15 is 0 Å². The molecule has 0 aliphatic carbocycles. The highest BCUT2D eigenvalue weighted by atomic mass is 35.5. The van der Waals surface area contributed by atoms with Gasteiger partial charge in [0.15, 0.2) is 0 Å². The second-order valence-corrected chi connectivity index (χ2v) is 4.83. The summed E-state index contributed by atoms with van der Waals surface area (Å²) in [6, 6.07) is 2.82. The number of thioether (sulfide) groups is 1. The molecule has 0 saturated carbocycles. The first-order valence-electron chi connectivity index (χ1n) is 4.16. The Hall–Kier alpha value is -0.450. The molecule has 1 saturated heterocycles. The van der Waals surface area contributed by atoms with Crippen LogP contribution in [0.5, 0.6) is 0 Å². The molecule has 0 bridgehead atoms. The van der Waals surface area contributed by atoms with Gasteiger partial charge in [-0.05, 0) is 12.1 Å². The minimum Gasteiger partial charge on any atom is -0.398 e. The Labute approximate surface area is 90.6 Å². The van der Waals surface area contributed by atoms with Gasteiger partial charge in [0, 0.05) is 10.6 Å². The van der Waals surface area contributed by atoms with E-state index < -0.39 is 5.82 Å². The van der Waals surface area contributed by atoms with E-state index in [4.69, 9.17) is 22.1 Å². The number of nitrogen functional groups attached to an aromatic ring is 1. The van der Waals surface area contributed by atoms with Gasteiger partial charge in [-0.25, -0.2) is 4.39 Å². The predicted octanol–water partition coefficient (Wildman–Crippen LogP) is 2.55. The SMILES string of the molecule is Nc1cc(Cl)c(F)cc1SC1COC1. The summed E-state index contributed by atoms with van der Waals surface area (Å²) in [5, 5.41) is 0.453. The molecule has 2 nitrogen and oxygen atoms in total. The largest absolute Gasteiger partial charge is 0.398 e. The molecule has 1 fully saturated rings. The van der Waals surface area contributed by atoms with Crippen LogP contribution in [0.1, 0.15) is 0 Å². The van der Waals surface area contributed by atoms with Crippen molar-refractivity contribution in [1.29, 1.82) is 0 Å². The molecule has 0 radical (unpaired) electrons. The van der Waals surface area contributed by atoms with Crippen molar-refractivity contribution in [2.75, 3.05) is 18.9 Å². The van der Waals surface area contributed by atoms with Crippen LogP contribution in [0.15, 0.2) is 17.0 Å². The first kappa shape index (κ1) is 10.1. The predicted molar refractivity (Wildman–Crippen MR) is 56.3 cm³/mol. The minimum atomic E-state index is -0.427. The number of rotatable bonds is 2. The van der Waals surface area contributed by atoms with Crippen molar-refractivity contribution in [3.63, 3.8) is 0 Å². The summed E-state index contributed by atoms with van der Waals surface area (Å²) in [7, 11) is 0. The van der Waals surface area contributed by atoms with Crippen molar-refractivity contribution >= 4 is 29.1 Å². The molecule has 0 spiro atoms. The van der Waals surface area contributed by atoms with Gasteiger partial charge in [-0.1, -0.05) is 11.6 Å². The third-order valence-corrected chi connectivity index (χ3v) is 3.46. The first-order chi connectivity index (χ1) is 6.66. The third-order valence-electron chi connectivity index (χ3n) is 1.95. The van der Waals surface area contributed by atoms with Crippen LogP contribution in [0.25, 0.3) is 0 Å². The number of nitrogens with two attached hydrogens (primary N) is 1. The number of anilines is 1. The Bertz CT molecular complexity index is 357. The van der Waals surface area contributed by atoms with E-state index in [1.807, 2.05) is 0 Å². The highest BCUT2D eigenvalue weighted by Gasteiger charge is 2.21. The minimum absolute atomic E-state index is 0.0664. The number of hydrogen-bond acceptors (Lipinski definition) is 3. The van der Waals surface area contributed by atoms with E-state index in [2.05, 4.69) is 0 Å². The molecular formula is C9H9ClFNOS. The molecule has 1 heterocycles. The van der Waals surface area contributed by atoms with E-state index in [1.165, 1.54) is 23.9 Å². The summed E-state index contributed by atoms with van der Waals surface area (Å²) >= 11 is 7.11. The quantitative estimate of drug-likeness (QED) is 0.798. The summed E-state index contributed by atoms with van der Waals surface area (Å²) in [6.45, 7) is 1.41. The molecule has 76 valence electrons. The van der Waals surface area contributed by atoms with Crippen LogP contribution in [0, 0.1) is 5.82 Å². The molecule has 1 aromatic rings. The molecule has 0 atom stereocenters. The summed E-state index contributed by atoms with van der Waals surface area (Å²) < 4.78 is 18.1. The van der Waals surface area contributed by atoms with Crippen molar-refractivity contribution in [3.05, 3.63) is 23.0 Å². The van der Waals surface area contributed by atoms with E-state index in [9.17, 15) is 4.39 Å². The molecule has 2 N–H and O–H groups in total. The molecule has 2 rings (SSSR count). The topological polar surface area (TPSA) is 35.2 Å². The zero-order chi connectivity index (χ0) is 10.1. The number of ether oxygens (including phenoxy) is 1. The van der Waals surface area contributed by atoms with Gasteiger partial charge < -0.3 is 10.5 Å². The van der Waals surface area contributed by atoms with Gasteiger partial charge in [0.2, 0.25) is 0 Å². The molecule has 0 aromatic heterocycles. The van der Waals surface area contributed by atoms with Gasteiger partial charge in [-0.3, -0.25) is 0 Å². The Morgan fingerprint density at radius 3 is 2.79 bits per heavy atom. The summed E-state index contributed by atoms with van der Waals surface area (Å²) in [4.78, 5) is 0.736. The maximum atomic E-state index is 13.1. The molecule has 1 aromatic carbocycles. The molecule has 0 unspecified atom stereocenters. The maximum Gasteiger partial charge on any atom is 0.143 e. The third kappa shape index (κ3) is 1.97. The second kappa shape index (κ2) is 3.96. The fourth-order valence-corrected chi connectivity index (χ4v) is 2.33. The highest BCUT2D eigenvalue weighted by molar-refractivity contribution is 8.00. The number of halogens is 2. The molecule has 5 heteroatoms. The summed E-state index contributed by atoms with van der Waals surface area (Å²) in [6.07, 6.45) is 0. The van der Waals surface area contributed by atoms with E-state index in [1.54, 1.807) is 0 Å². The lowest BCUT2D eigenvalue weighted by Gasteiger charge is -2.25. The first-order valence-corrected chi connectivity index (χ1v) is 5.41. The maximum absolute atomic E-state index is 13.1. The lowest BCUT2D eigenvalue weighted by atomic mass is 10.3. The number of benzene rings is 1. The summed E-state index contributed by atoms with van der Waals surface area (Å²) in [5.41, 5.74) is 6.23. The van der Waals surface area contributed by atoms with Crippen molar-refractivity contribution in [2.24, 2.45) is 0 Å². The van der Waals surface area contributed by atoms with Crippen molar-refractivity contribution in [2.45, 2.75) is 10.1 Å². The van der Waals surface area contributed by atoms with Crippen LogP contribution < -0.4 is 5.73 Å². The Kier molecular flexibility index (Phi) is 2.85. The number of hydrogen-bond donors (Lipinski definition) is 1. The van der Waals surface area contributed by atoms with Gasteiger partial charge in [0.25, 0.3) is 0 Å². The van der Waals surface area contributed by atoms with Gasteiger partial charge in [-0.2, -0.15) is 0 Å². The summed E-state index contributed by atoms with van der Waals surface area (Å²) in [5.74, 6) is -0.427. The second-order valence-electron chi connectivity index (χ2n) is 3.08. The van der Waals surface area contributed by atoms with E-state index in [0.29, 0.717) is 24.2 Å². The monoisotopic (exact) mass is 233 g/mol. The van der Waals surface area contributed by atoms with Gasteiger partial charge in [-0.15, -0.1) is 11.8 Å². The van der Waals surface area contributed by atoms with E-state index in [0.717, 1.165) is 4.90 Å². The van der Waals surface area contributed by atoms with Crippen LogP contribution in [-0.4, -0.2) is 18.5 Å². The van der Waals surface area contributed by atoms with Crippen LogP contribution in [-0.2, 0) is 4.74 Å². The highest BCUT2D eigenvalue weighted by Crippen LogP contribution is 2.34. The van der Waals surface area contributed by atoms with Crippen LogP contribution in [0.4, 0.5) is 10.1 Å². The zero-order valence-electron chi connectivity index (χ0n) is 7.30. The molecule has 14 heavy (non-hydrogen) atoms. The fraction of sp³-hybridized carbons (Fsp3) is 0.333. The Balaban J connectivity index is 2.19. The standard InChI is InChI=1S/C9H9ClFNOS/c10-6-1-8(12)9(2-7(6)11)14-5-3-13-4-5/h1-2,5H,3-4,12H2. The lowest BCUT2D eigenvalue weighted by Crippen LogP contribution is -2.30. The van der Waals surface area contributed by atoms with Crippen molar-refractivity contribution in [3.8, 4) is 0 Å². The van der Waals surface area contributed by atoms with Gasteiger partial charge in [0.1, 0.15) is 5.82 Å². The van der Waals surface area contributed by atoms with Crippen molar-refractivity contribution in [1.82, 2.24) is 0 Å². The van der Waals surface area contributed by atoms with Crippen LogP contribution >= 0.6 is 23.4 Å². The fourth-order valence-electron chi connectivity index (χ4n) is 1.11. The zero-order valence-corrected chi connectivity index (χ0v) is 8.87. The Morgan fingerprint density at radius 2 is 2.21 bits per heavy atom. The molecule has 0 amide bonds. The molecule has 1 aliphatic rings.